The number of anilines is 1. The third-order valence-electron chi connectivity index (χ3n) is 4.00. The fraction of sp³-hybridized carbons (Fsp3) is 0.105. The molecule has 0 bridgehead atoms. The number of nitrogens with zero attached hydrogens (tertiary/aromatic N) is 1. The van der Waals surface area contributed by atoms with Crippen molar-refractivity contribution >= 4 is 28.3 Å². The molecule has 7 nitrogen and oxygen atoms in total. The maximum Gasteiger partial charge on any atom is 0.251 e. The van der Waals surface area contributed by atoms with Crippen molar-refractivity contribution in [2.24, 2.45) is 0 Å². The molecule has 0 aliphatic carbocycles. The molecule has 2 heterocycles. The quantitative estimate of drug-likeness (QED) is 0.755. The van der Waals surface area contributed by atoms with Crippen LogP contribution in [0.25, 0.3) is 10.8 Å². The first-order chi connectivity index (χ1) is 12.7. The summed E-state index contributed by atoms with van der Waals surface area (Å²) in [4.78, 5) is 28.5. The number of aromatic nitrogens is 1. The van der Waals surface area contributed by atoms with Crippen molar-refractivity contribution in [3.8, 4) is 11.5 Å². The fourth-order valence-electron chi connectivity index (χ4n) is 2.73. The zero-order valence-electron chi connectivity index (χ0n) is 13.7. The Balaban J connectivity index is 1.40. The molecule has 130 valence electrons. The third-order valence-corrected chi connectivity index (χ3v) is 4.00. The molecule has 0 saturated carbocycles. The van der Waals surface area contributed by atoms with Crippen molar-refractivity contribution in [3.05, 3.63) is 60.4 Å². The molecule has 0 atom stereocenters. The maximum atomic E-state index is 12.2. The van der Waals surface area contributed by atoms with E-state index in [1.807, 2.05) is 18.2 Å². The zero-order chi connectivity index (χ0) is 17.9. The first kappa shape index (κ1) is 15.9. The van der Waals surface area contributed by atoms with Crippen LogP contribution >= 0.6 is 0 Å². The predicted octanol–water partition coefficient (Wildman–Crippen LogP) is 2.33. The van der Waals surface area contributed by atoms with Crippen molar-refractivity contribution in [1.29, 1.82) is 0 Å². The Hall–Kier alpha value is -3.61. The van der Waals surface area contributed by atoms with E-state index < -0.39 is 0 Å². The second-order valence-corrected chi connectivity index (χ2v) is 5.70. The Morgan fingerprint density at radius 3 is 2.88 bits per heavy atom. The van der Waals surface area contributed by atoms with E-state index in [2.05, 4.69) is 15.6 Å². The fourth-order valence-corrected chi connectivity index (χ4v) is 2.73. The third kappa shape index (κ3) is 3.14. The molecule has 2 amide bonds. The van der Waals surface area contributed by atoms with E-state index in [-0.39, 0.29) is 25.2 Å². The summed E-state index contributed by atoms with van der Waals surface area (Å²) in [6.45, 7) is -0.00187. The summed E-state index contributed by atoms with van der Waals surface area (Å²) in [5.74, 6) is 0.445. The Morgan fingerprint density at radius 1 is 1.08 bits per heavy atom. The van der Waals surface area contributed by atoms with Crippen molar-refractivity contribution < 1.29 is 19.1 Å². The minimum absolute atomic E-state index is 0.142. The number of pyridine rings is 1. The number of fused-ring (bicyclic) bond motifs is 2. The molecule has 0 fully saturated rings. The smallest absolute Gasteiger partial charge is 0.251 e. The van der Waals surface area contributed by atoms with Gasteiger partial charge in [0.05, 0.1) is 6.54 Å². The van der Waals surface area contributed by atoms with Gasteiger partial charge in [-0.2, -0.15) is 0 Å². The Labute approximate surface area is 148 Å². The second kappa shape index (κ2) is 6.72. The van der Waals surface area contributed by atoms with E-state index in [0.717, 1.165) is 10.8 Å². The standard InChI is InChI=1S/C19H15N3O4/c23-18(22-15-3-1-2-13-9-20-7-6-14(13)15)10-21-19(24)12-4-5-16-17(8-12)26-11-25-16/h1-9H,10-11H2,(H,21,24)(H,22,23). The molecule has 1 aromatic heterocycles. The largest absolute Gasteiger partial charge is 0.454 e. The number of hydrogen-bond acceptors (Lipinski definition) is 5. The maximum absolute atomic E-state index is 12.2. The highest BCUT2D eigenvalue weighted by Crippen LogP contribution is 2.32. The molecule has 0 unspecified atom stereocenters. The van der Waals surface area contributed by atoms with Gasteiger partial charge < -0.3 is 20.1 Å². The van der Waals surface area contributed by atoms with Gasteiger partial charge in [0.2, 0.25) is 12.7 Å². The van der Waals surface area contributed by atoms with Crippen LogP contribution in [-0.4, -0.2) is 30.1 Å². The monoisotopic (exact) mass is 349 g/mol. The zero-order valence-corrected chi connectivity index (χ0v) is 13.7. The van der Waals surface area contributed by atoms with Gasteiger partial charge in [-0.25, -0.2) is 0 Å². The summed E-state index contributed by atoms with van der Waals surface area (Å²) in [6.07, 6.45) is 3.39. The summed E-state index contributed by atoms with van der Waals surface area (Å²) in [5, 5.41) is 7.22. The van der Waals surface area contributed by atoms with Crippen LogP contribution in [0.5, 0.6) is 11.5 Å². The van der Waals surface area contributed by atoms with Gasteiger partial charge in [-0.1, -0.05) is 12.1 Å². The molecule has 0 saturated heterocycles. The van der Waals surface area contributed by atoms with Crippen LogP contribution in [0.4, 0.5) is 5.69 Å². The lowest BCUT2D eigenvalue weighted by molar-refractivity contribution is -0.115. The van der Waals surface area contributed by atoms with Gasteiger partial charge >= 0.3 is 0 Å². The van der Waals surface area contributed by atoms with Crippen LogP contribution in [0.2, 0.25) is 0 Å². The highest BCUT2D eigenvalue weighted by molar-refractivity contribution is 6.04. The van der Waals surface area contributed by atoms with E-state index in [1.165, 1.54) is 0 Å². The summed E-state index contributed by atoms with van der Waals surface area (Å²) in [6, 6.07) is 12.3. The van der Waals surface area contributed by atoms with E-state index >= 15 is 0 Å². The summed E-state index contributed by atoms with van der Waals surface area (Å²) in [7, 11) is 0. The lowest BCUT2D eigenvalue weighted by Crippen LogP contribution is -2.32. The Kier molecular flexibility index (Phi) is 4.10. The number of benzene rings is 2. The van der Waals surface area contributed by atoms with Crippen LogP contribution in [0, 0.1) is 0 Å². The van der Waals surface area contributed by atoms with Gasteiger partial charge in [0.15, 0.2) is 11.5 Å². The predicted molar refractivity (Wildman–Crippen MR) is 95.3 cm³/mol. The minimum atomic E-state index is -0.361. The van der Waals surface area contributed by atoms with E-state index in [0.29, 0.717) is 22.7 Å². The Morgan fingerprint density at radius 2 is 1.96 bits per heavy atom. The molecule has 3 aromatic rings. The lowest BCUT2D eigenvalue weighted by Gasteiger charge is -2.09. The van der Waals surface area contributed by atoms with Gasteiger partial charge in [0.1, 0.15) is 0 Å². The van der Waals surface area contributed by atoms with Crippen molar-refractivity contribution in [2.45, 2.75) is 0 Å². The first-order valence-electron chi connectivity index (χ1n) is 8.01. The summed E-state index contributed by atoms with van der Waals surface area (Å²) in [5.41, 5.74) is 1.07. The van der Waals surface area contributed by atoms with Gasteiger partial charge in [-0.3, -0.25) is 14.6 Å². The van der Waals surface area contributed by atoms with Crippen LogP contribution in [0.15, 0.2) is 54.9 Å². The number of hydrogen-bond donors (Lipinski definition) is 2. The minimum Gasteiger partial charge on any atom is -0.454 e. The van der Waals surface area contributed by atoms with Gasteiger partial charge in [0, 0.05) is 34.4 Å². The van der Waals surface area contributed by atoms with Crippen molar-refractivity contribution in [1.82, 2.24) is 10.3 Å². The average Bonchev–Trinajstić information content (AvgIpc) is 3.14. The summed E-state index contributed by atoms with van der Waals surface area (Å²) >= 11 is 0. The lowest BCUT2D eigenvalue weighted by atomic mass is 10.1. The van der Waals surface area contributed by atoms with Gasteiger partial charge in [0.25, 0.3) is 5.91 Å². The van der Waals surface area contributed by atoms with Gasteiger partial charge in [-0.05, 0) is 30.3 Å². The molecule has 26 heavy (non-hydrogen) atoms. The number of ether oxygens (including phenoxy) is 2. The number of carbonyl (C=O) groups is 2. The molecular weight excluding hydrogens is 334 g/mol. The van der Waals surface area contributed by atoms with Crippen LogP contribution in [-0.2, 0) is 4.79 Å². The van der Waals surface area contributed by atoms with E-state index in [4.69, 9.17) is 9.47 Å². The van der Waals surface area contributed by atoms with Gasteiger partial charge in [-0.15, -0.1) is 0 Å². The molecule has 0 radical (unpaired) electrons. The highest BCUT2D eigenvalue weighted by Gasteiger charge is 2.16. The second-order valence-electron chi connectivity index (χ2n) is 5.70. The first-order valence-corrected chi connectivity index (χ1v) is 8.01. The molecule has 0 spiro atoms. The van der Waals surface area contributed by atoms with Crippen molar-refractivity contribution in [3.63, 3.8) is 0 Å². The van der Waals surface area contributed by atoms with E-state index in [1.54, 1.807) is 36.7 Å². The summed E-state index contributed by atoms with van der Waals surface area (Å²) < 4.78 is 10.5. The van der Waals surface area contributed by atoms with Crippen LogP contribution < -0.4 is 20.1 Å². The Bertz CT molecular complexity index is 998. The molecule has 2 aromatic carbocycles. The molecular formula is C19H15N3O4. The number of rotatable bonds is 4. The molecule has 1 aliphatic rings. The highest BCUT2D eigenvalue weighted by atomic mass is 16.7. The normalized spacial score (nSPS) is 12.0. The van der Waals surface area contributed by atoms with Crippen LogP contribution in [0.3, 0.4) is 0 Å². The molecule has 4 rings (SSSR count). The van der Waals surface area contributed by atoms with Crippen molar-refractivity contribution in [2.75, 3.05) is 18.7 Å². The molecule has 2 N–H and O–H groups in total. The molecule has 7 heteroatoms. The van der Waals surface area contributed by atoms with Crippen LogP contribution in [0.1, 0.15) is 10.4 Å². The number of nitrogens with one attached hydrogen (secondary N) is 2. The topological polar surface area (TPSA) is 89.6 Å². The van der Waals surface area contributed by atoms with E-state index in [9.17, 15) is 9.59 Å². The number of amides is 2. The average molecular weight is 349 g/mol. The number of carbonyl (C=O) groups excluding carboxylic acids is 2. The SMILES string of the molecule is O=C(CNC(=O)c1ccc2c(c1)OCO2)Nc1cccc2cnccc12. The molecule has 1 aliphatic heterocycles.